The second-order valence-electron chi connectivity index (χ2n) is 5.66. The fraction of sp³-hybridized carbons (Fsp3) is 0.714. The minimum absolute atomic E-state index is 0.0568. The zero-order chi connectivity index (χ0) is 15.4. The van der Waals surface area contributed by atoms with Crippen LogP contribution in [0.2, 0.25) is 0 Å². The predicted octanol–water partition coefficient (Wildman–Crippen LogP) is 1.35. The van der Waals surface area contributed by atoms with Crippen molar-refractivity contribution in [2.45, 2.75) is 38.3 Å². The van der Waals surface area contributed by atoms with Gasteiger partial charge >= 0.3 is 0 Å². The number of primary amides is 1. The van der Waals surface area contributed by atoms with Crippen molar-refractivity contribution in [3.8, 4) is 5.88 Å². The number of nitrogens with two attached hydrogens (primary N) is 1. The summed E-state index contributed by atoms with van der Waals surface area (Å²) in [5.41, 5.74) is 5.36. The zero-order valence-corrected chi connectivity index (χ0v) is 13.7. The van der Waals surface area contributed by atoms with Gasteiger partial charge in [-0.3, -0.25) is 4.79 Å². The van der Waals surface area contributed by atoms with Crippen LogP contribution in [0.3, 0.4) is 0 Å². The molecule has 1 aromatic rings. The molecule has 2 rings (SSSR count). The Kier molecular flexibility index (Phi) is 5.41. The molecule has 7 heteroatoms. The lowest BCUT2D eigenvalue weighted by Gasteiger charge is -2.27. The number of amides is 1. The third kappa shape index (κ3) is 4.07. The second-order valence-corrected chi connectivity index (χ2v) is 6.72. The van der Waals surface area contributed by atoms with E-state index in [0.29, 0.717) is 11.9 Å². The van der Waals surface area contributed by atoms with Crippen molar-refractivity contribution in [1.29, 1.82) is 0 Å². The molecule has 1 amide bonds. The van der Waals surface area contributed by atoms with E-state index in [-0.39, 0.29) is 11.8 Å². The molecule has 0 unspecified atom stereocenters. The molecule has 118 valence electrons. The van der Waals surface area contributed by atoms with Gasteiger partial charge in [-0.15, -0.1) is 0 Å². The highest BCUT2D eigenvalue weighted by Gasteiger charge is 2.24. The Balaban J connectivity index is 1.87. The van der Waals surface area contributed by atoms with Crippen molar-refractivity contribution >= 4 is 22.4 Å². The number of thiazole rings is 1. The number of ether oxygens (including phenoxy) is 1. The molecule has 1 aromatic heterocycles. The lowest BCUT2D eigenvalue weighted by Crippen LogP contribution is -2.36. The molecule has 0 spiro atoms. The largest absolute Gasteiger partial charge is 0.480 e. The molecule has 1 saturated carbocycles. The summed E-state index contributed by atoms with van der Waals surface area (Å²) in [5, 5.41) is 4.49. The first-order chi connectivity index (χ1) is 10.0. The van der Waals surface area contributed by atoms with Crippen LogP contribution >= 0.6 is 11.3 Å². The molecule has 0 bridgehead atoms. The minimum atomic E-state index is -0.159. The topological polar surface area (TPSA) is 80.5 Å². The molecule has 1 aliphatic carbocycles. The minimum Gasteiger partial charge on any atom is -0.480 e. The number of nitrogens with one attached hydrogen (secondary N) is 1. The summed E-state index contributed by atoms with van der Waals surface area (Å²) in [7, 11) is 5.59. The molecule has 1 fully saturated rings. The summed E-state index contributed by atoms with van der Waals surface area (Å²) in [6.07, 6.45) is 3.76. The summed E-state index contributed by atoms with van der Waals surface area (Å²) < 4.78 is 5.34. The van der Waals surface area contributed by atoms with E-state index < -0.39 is 0 Å². The van der Waals surface area contributed by atoms with Crippen molar-refractivity contribution in [3.63, 3.8) is 0 Å². The van der Waals surface area contributed by atoms with Crippen LogP contribution < -0.4 is 20.7 Å². The number of carbonyl (C=O) groups is 1. The first-order valence-corrected chi connectivity index (χ1v) is 8.06. The van der Waals surface area contributed by atoms with Gasteiger partial charge in [0, 0.05) is 32.6 Å². The first kappa shape index (κ1) is 16.0. The van der Waals surface area contributed by atoms with Gasteiger partial charge in [-0.25, -0.2) is 0 Å². The zero-order valence-electron chi connectivity index (χ0n) is 12.9. The molecular weight excluding hydrogens is 288 g/mol. The van der Waals surface area contributed by atoms with Crippen LogP contribution in [0.1, 0.15) is 30.6 Å². The van der Waals surface area contributed by atoms with Gasteiger partial charge in [0.25, 0.3) is 0 Å². The van der Waals surface area contributed by atoms with Crippen molar-refractivity contribution in [2.24, 2.45) is 11.7 Å². The standard InChI is InChI=1S/C14H24N4O2S/c1-18(2)14-17-13(20-3)11(21-14)8-16-10-6-4-9(5-7-10)12(15)19/h9-10,16H,4-8H2,1-3H3,(H2,15,19). The van der Waals surface area contributed by atoms with Crippen molar-refractivity contribution in [3.05, 3.63) is 4.88 Å². The number of anilines is 1. The normalized spacial score (nSPS) is 22.0. The molecule has 1 heterocycles. The smallest absolute Gasteiger partial charge is 0.230 e. The number of aromatic nitrogens is 1. The van der Waals surface area contributed by atoms with E-state index >= 15 is 0 Å². The molecular formula is C14H24N4O2S. The van der Waals surface area contributed by atoms with Crippen LogP contribution in [0.5, 0.6) is 5.88 Å². The van der Waals surface area contributed by atoms with Crippen LogP contribution in [-0.2, 0) is 11.3 Å². The van der Waals surface area contributed by atoms with Gasteiger partial charge in [-0.1, -0.05) is 11.3 Å². The Labute approximate surface area is 129 Å². The summed E-state index contributed by atoms with van der Waals surface area (Å²) in [4.78, 5) is 18.7. The molecule has 0 atom stereocenters. The maximum Gasteiger partial charge on any atom is 0.230 e. The van der Waals surface area contributed by atoms with E-state index in [4.69, 9.17) is 10.5 Å². The van der Waals surface area contributed by atoms with E-state index in [1.54, 1.807) is 18.4 Å². The number of rotatable bonds is 6. The van der Waals surface area contributed by atoms with E-state index in [2.05, 4.69) is 10.3 Å². The highest BCUT2D eigenvalue weighted by atomic mass is 32.1. The molecule has 6 nitrogen and oxygen atoms in total. The van der Waals surface area contributed by atoms with Gasteiger partial charge in [0.2, 0.25) is 11.8 Å². The maximum atomic E-state index is 11.2. The fourth-order valence-corrected chi connectivity index (χ4v) is 3.51. The van der Waals surface area contributed by atoms with E-state index in [1.807, 2.05) is 19.0 Å². The van der Waals surface area contributed by atoms with Gasteiger partial charge in [0.05, 0.1) is 12.0 Å². The van der Waals surface area contributed by atoms with Gasteiger partial charge in [0.15, 0.2) is 5.13 Å². The Morgan fingerprint density at radius 3 is 2.62 bits per heavy atom. The Hall–Kier alpha value is -1.34. The average molecular weight is 312 g/mol. The summed E-state index contributed by atoms with van der Waals surface area (Å²) in [6, 6.07) is 0.440. The number of hydrogen-bond donors (Lipinski definition) is 2. The first-order valence-electron chi connectivity index (χ1n) is 7.25. The quantitative estimate of drug-likeness (QED) is 0.829. The van der Waals surface area contributed by atoms with Crippen LogP contribution in [0.4, 0.5) is 5.13 Å². The van der Waals surface area contributed by atoms with Crippen molar-refractivity contribution < 1.29 is 9.53 Å². The van der Waals surface area contributed by atoms with Crippen LogP contribution in [0.25, 0.3) is 0 Å². The summed E-state index contributed by atoms with van der Waals surface area (Å²) in [5.74, 6) is 0.594. The molecule has 21 heavy (non-hydrogen) atoms. The summed E-state index contributed by atoms with van der Waals surface area (Å²) in [6.45, 7) is 0.751. The van der Waals surface area contributed by atoms with Crippen molar-refractivity contribution in [2.75, 3.05) is 26.1 Å². The highest BCUT2D eigenvalue weighted by molar-refractivity contribution is 7.15. The number of hydrogen-bond acceptors (Lipinski definition) is 6. The number of methoxy groups -OCH3 is 1. The average Bonchev–Trinajstić information content (AvgIpc) is 2.89. The SMILES string of the molecule is COc1nc(N(C)C)sc1CNC1CCC(C(N)=O)CC1. The van der Waals surface area contributed by atoms with Gasteiger partial charge in [0.1, 0.15) is 0 Å². The molecule has 0 saturated heterocycles. The molecule has 3 N–H and O–H groups in total. The fourth-order valence-electron chi connectivity index (χ4n) is 2.61. The Morgan fingerprint density at radius 2 is 2.10 bits per heavy atom. The molecule has 0 aromatic carbocycles. The summed E-state index contributed by atoms with van der Waals surface area (Å²) >= 11 is 1.64. The third-order valence-electron chi connectivity index (χ3n) is 3.91. The molecule has 1 aliphatic rings. The van der Waals surface area contributed by atoms with Gasteiger partial charge < -0.3 is 20.7 Å². The highest BCUT2D eigenvalue weighted by Crippen LogP contribution is 2.31. The van der Waals surface area contributed by atoms with E-state index in [1.165, 1.54) is 0 Å². The molecule has 0 aliphatic heterocycles. The predicted molar refractivity (Wildman–Crippen MR) is 84.8 cm³/mol. The number of carbonyl (C=O) groups excluding carboxylic acids is 1. The Morgan fingerprint density at radius 1 is 1.43 bits per heavy atom. The van der Waals surface area contributed by atoms with Crippen LogP contribution in [0.15, 0.2) is 0 Å². The lowest BCUT2D eigenvalue weighted by molar-refractivity contribution is -0.122. The Bertz CT molecular complexity index is 481. The lowest BCUT2D eigenvalue weighted by atomic mass is 9.85. The van der Waals surface area contributed by atoms with Crippen molar-refractivity contribution in [1.82, 2.24) is 10.3 Å². The van der Waals surface area contributed by atoms with Gasteiger partial charge in [-0.2, -0.15) is 4.98 Å². The maximum absolute atomic E-state index is 11.2. The van der Waals surface area contributed by atoms with Gasteiger partial charge in [-0.05, 0) is 25.7 Å². The van der Waals surface area contributed by atoms with Crippen LogP contribution in [0, 0.1) is 5.92 Å². The second kappa shape index (κ2) is 7.09. The van der Waals surface area contributed by atoms with E-state index in [0.717, 1.165) is 42.2 Å². The molecule has 0 radical (unpaired) electrons. The number of nitrogens with zero attached hydrogens (tertiary/aromatic N) is 2. The van der Waals surface area contributed by atoms with Crippen LogP contribution in [-0.4, -0.2) is 38.1 Å². The van der Waals surface area contributed by atoms with E-state index in [9.17, 15) is 4.79 Å². The monoisotopic (exact) mass is 312 g/mol. The third-order valence-corrected chi connectivity index (χ3v) is 5.11.